The number of aromatic hydroxyl groups is 1. The number of halogens is 3. The van der Waals surface area contributed by atoms with Gasteiger partial charge in [-0.25, -0.2) is 4.79 Å². The van der Waals surface area contributed by atoms with Crippen molar-refractivity contribution in [3.63, 3.8) is 0 Å². The van der Waals surface area contributed by atoms with Crippen LogP contribution < -0.4 is 25.5 Å². The number of allylic oxidation sites excluding steroid dienone is 3. The average molecular weight is 727 g/mol. The van der Waals surface area contributed by atoms with Gasteiger partial charge in [0.15, 0.2) is 11.2 Å². The number of phenolic OH excluding ortho intramolecular Hbond substituents is 1. The number of hydrogen-bond acceptors (Lipinski definition) is 10. The normalized spacial score (nSPS) is 14.1. The third kappa shape index (κ3) is 9.62. The summed E-state index contributed by atoms with van der Waals surface area (Å²) in [4.78, 5) is 38.4. The van der Waals surface area contributed by atoms with Crippen molar-refractivity contribution >= 4 is 41.2 Å². The monoisotopic (exact) mass is 726 g/mol. The number of thiocarbonyl (C=S) groups is 1. The van der Waals surface area contributed by atoms with Crippen LogP contribution in [-0.4, -0.2) is 40.7 Å². The van der Waals surface area contributed by atoms with Gasteiger partial charge in [0.2, 0.25) is 0 Å². The number of fused-ring (bicyclic) bond motifs is 1. The summed E-state index contributed by atoms with van der Waals surface area (Å²) in [6, 6.07) is 7.25. The summed E-state index contributed by atoms with van der Waals surface area (Å²) in [5.41, 5.74) is -1.34. The van der Waals surface area contributed by atoms with Crippen molar-refractivity contribution in [3.8, 4) is 17.4 Å². The van der Waals surface area contributed by atoms with E-state index in [-0.39, 0.29) is 45.3 Å². The predicted octanol–water partition coefficient (Wildman–Crippen LogP) is 6.79. The van der Waals surface area contributed by atoms with E-state index >= 15 is 0 Å². The average Bonchev–Trinajstić information content (AvgIpc) is 3.08. The van der Waals surface area contributed by atoms with E-state index in [0.29, 0.717) is 42.0 Å². The fraction of sp³-hybridized carbons (Fsp3) is 0.316. The third-order valence-corrected chi connectivity index (χ3v) is 8.29. The zero-order chi connectivity index (χ0) is 37.3. The molecule has 0 amide bonds. The maximum absolute atomic E-state index is 13.9. The quantitative estimate of drug-likeness (QED) is 0.0602. The largest absolute Gasteiger partial charge is 0.516 e. The second-order valence-electron chi connectivity index (χ2n) is 11.6. The Bertz CT molecular complexity index is 2030. The van der Waals surface area contributed by atoms with E-state index in [1.54, 1.807) is 18.2 Å². The molecule has 0 spiro atoms. The van der Waals surface area contributed by atoms with E-state index in [2.05, 4.69) is 4.74 Å². The van der Waals surface area contributed by atoms with Gasteiger partial charge in [-0.05, 0) is 62.1 Å². The first-order valence-electron chi connectivity index (χ1n) is 16.1. The molecule has 270 valence electrons. The maximum Gasteiger partial charge on any atom is 0.516 e. The van der Waals surface area contributed by atoms with Crippen LogP contribution in [0.15, 0.2) is 69.9 Å². The first kappa shape index (κ1) is 38.8. The molecule has 0 radical (unpaired) electrons. The van der Waals surface area contributed by atoms with Crippen LogP contribution >= 0.6 is 12.2 Å². The summed E-state index contributed by atoms with van der Waals surface area (Å²) < 4.78 is 62.2. The summed E-state index contributed by atoms with van der Waals surface area (Å²) in [6.07, 6.45) is 4.20. The van der Waals surface area contributed by atoms with E-state index in [4.69, 9.17) is 26.1 Å². The zero-order valence-corrected chi connectivity index (χ0v) is 28.9. The predicted molar refractivity (Wildman–Crippen MR) is 188 cm³/mol. The van der Waals surface area contributed by atoms with Crippen molar-refractivity contribution in [2.45, 2.75) is 64.1 Å². The minimum atomic E-state index is -4.70. The topological polar surface area (TPSA) is 132 Å². The number of ketones is 1. The Hall–Kier alpha value is -5.01. The number of Topliss-reactive ketones (excluding diaryl/α,β-unsaturated/α-hetero) is 1. The maximum atomic E-state index is 13.9. The molecule has 0 saturated heterocycles. The van der Waals surface area contributed by atoms with E-state index in [0.717, 1.165) is 31.7 Å². The lowest BCUT2D eigenvalue weighted by Crippen LogP contribution is -2.44. The van der Waals surface area contributed by atoms with Gasteiger partial charge in [0.1, 0.15) is 16.9 Å². The highest BCUT2D eigenvalue weighted by molar-refractivity contribution is 7.81. The van der Waals surface area contributed by atoms with Crippen LogP contribution in [0.1, 0.15) is 84.2 Å². The molecular weight excluding hydrogens is 689 g/mol. The van der Waals surface area contributed by atoms with Crippen molar-refractivity contribution < 1.29 is 51.6 Å². The van der Waals surface area contributed by atoms with Crippen molar-refractivity contribution in [1.29, 1.82) is 0 Å². The number of carbonyl (C=O) groups excluding carboxylic acids is 2. The number of rotatable bonds is 14. The highest BCUT2D eigenvalue weighted by atomic mass is 32.1. The number of alkyl halides is 3. The standard InChI is InChI=1S/C38H37F3O9S/c1-4-11-27-30(18-17-26(22(2)42)34(27)44)48-19-9-7-5-6-8-14-29(33(43)23-12-10-13-24(20-23)38(39,40)41)32-35(45)28-16-15-25(51)21-31(28)49-36(32)50-37(46)47-3/h5-6,8,10,12-14,16-18,20-21,29,33,43-44H,4,7,9,11,15,19H2,1-3H3/t29-,33-/m0/s1. The Morgan fingerprint density at radius 1 is 1.16 bits per heavy atom. The molecule has 0 bridgehead atoms. The summed E-state index contributed by atoms with van der Waals surface area (Å²) in [6.45, 7) is 3.62. The van der Waals surface area contributed by atoms with Crippen LogP contribution in [0.2, 0.25) is 0 Å². The summed E-state index contributed by atoms with van der Waals surface area (Å²) >= 11 is 5.22. The van der Waals surface area contributed by atoms with Gasteiger partial charge < -0.3 is 28.8 Å². The fourth-order valence-electron chi connectivity index (χ4n) is 5.48. The van der Waals surface area contributed by atoms with Crippen LogP contribution in [0.5, 0.6) is 17.4 Å². The van der Waals surface area contributed by atoms with Gasteiger partial charge in [-0.1, -0.05) is 68.1 Å². The second kappa shape index (κ2) is 17.3. The summed E-state index contributed by atoms with van der Waals surface area (Å²) in [5.74, 6) is -1.80. The van der Waals surface area contributed by atoms with E-state index in [1.807, 2.05) is 6.92 Å². The van der Waals surface area contributed by atoms with Crippen LogP contribution in [-0.2, 0) is 17.3 Å². The molecule has 13 heteroatoms. The number of hydrogen-bond donors (Lipinski definition) is 2. The van der Waals surface area contributed by atoms with Gasteiger partial charge in [0.05, 0.1) is 41.7 Å². The third-order valence-electron chi connectivity index (χ3n) is 8.01. The molecule has 51 heavy (non-hydrogen) atoms. The molecule has 0 fully saturated rings. The fourth-order valence-corrected chi connectivity index (χ4v) is 5.68. The summed E-state index contributed by atoms with van der Waals surface area (Å²) in [7, 11) is 1.04. The Balaban J connectivity index is 1.63. The van der Waals surface area contributed by atoms with Crippen LogP contribution in [0.3, 0.4) is 0 Å². The molecule has 2 atom stereocenters. The van der Waals surface area contributed by atoms with Gasteiger partial charge in [-0.3, -0.25) is 9.59 Å². The SMILES string of the molecule is CCCc1c(OCCCC=CC=C[C@@H](c2c(OC(=O)OC)oc3c(c2=O)=CCC(=S)C=3)[C@@H](O)c2cccc(C(F)(F)F)c2)ccc(C(C)=O)c1O. The number of methoxy groups -OCH3 is 1. The smallest absolute Gasteiger partial charge is 0.507 e. The zero-order valence-electron chi connectivity index (χ0n) is 28.1. The van der Waals surface area contributed by atoms with Gasteiger partial charge in [-0.2, -0.15) is 13.2 Å². The minimum Gasteiger partial charge on any atom is -0.507 e. The van der Waals surface area contributed by atoms with E-state index in [1.165, 1.54) is 43.4 Å². The number of ether oxygens (including phenoxy) is 3. The Labute approximate surface area is 297 Å². The molecule has 1 heterocycles. The number of benzene rings is 2. The number of aliphatic hydroxyl groups is 1. The van der Waals surface area contributed by atoms with Crippen molar-refractivity contribution in [2.24, 2.45) is 0 Å². The molecule has 2 N–H and O–H groups in total. The molecule has 2 aromatic carbocycles. The van der Waals surface area contributed by atoms with E-state index in [9.17, 15) is 37.8 Å². The first-order valence-corrected chi connectivity index (χ1v) is 16.5. The van der Waals surface area contributed by atoms with Gasteiger partial charge in [0.25, 0.3) is 0 Å². The number of aliphatic hydroxyl groups excluding tert-OH is 1. The van der Waals surface area contributed by atoms with Crippen LogP contribution in [0, 0.1) is 0 Å². The lowest BCUT2D eigenvalue weighted by atomic mass is 9.88. The Kier molecular flexibility index (Phi) is 13.1. The van der Waals surface area contributed by atoms with E-state index < -0.39 is 41.3 Å². The van der Waals surface area contributed by atoms with Crippen molar-refractivity contribution in [2.75, 3.05) is 13.7 Å². The highest BCUT2D eigenvalue weighted by Gasteiger charge is 2.34. The molecule has 4 rings (SSSR count). The molecule has 1 aromatic heterocycles. The lowest BCUT2D eigenvalue weighted by molar-refractivity contribution is -0.137. The Morgan fingerprint density at radius 3 is 2.61 bits per heavy atom. The van der Waals surface area contributed by atoms with Crippen LogP contribution in [0.25, 0.3) is 12.2 Å². The van der Waals surface area contributed by atoms with Gasteiger partial charge in [0, 0.05) is 22.8 Å². The molecule has 3 aromatic rings. The minimum absolute atomic E-state index is 0.0177. The molecule has 0 unspecified atom stereocenters. The second-order valence-corrected chi connectivity index (χ2v) is 12.2. The first-order chi connectivity index (χ1) is 24.3. The van der Waals surface area contributed by atoms with Gasteiger partial charge in [-0.15, -0.1) is 0 Å². The molecule has 1 aliphatic carbocycles. The van der Waals surface area contributed by atoms with Crippen LogP contribution in [0.4, 0.5) is 18.0 Å². The lowest BCUT2D eigenvalue weighted by Gasteiger charge is -2.22. The molecule has 1 aliphatic rings. The summed E-state index contributed by atoms with van der Waals surface area (Å²) in [5, 5.41) is 22.2. The molecule has 9 nitrogen and oxygen atoms in total. The molecule has 0 aliphatic heterocycles. The molecular formula is C38H37F3O9S. The van der Waals surface area contributed by atoms with Gasteiger partial charge >= 0.3 is 18.3 Å². The number of phenols is 1. The molecule has 0 saturated carbocycles. The highest BCUT2D eigenvalue weighted by Crippen LogP contribution is 2.38. The number of unbranched alkanes of at least 4 members (excludes halogenated alkanes) is 1. The Morgan fingerprint density at radius 2 is 1.92 bits per heavy atom. The van der Waals surface area contributed by atoms with Crippen molar-refractivity contribution in [3.05, 3.63) is 109 Å². The number of carbonyl (C=O) groups is 2. The van der Waals surface area contributed by atoms with Crippen molar-refractivity contribution in [1.82, 2.24) is 0 Å².